The van der Waals surface area contributed by atoms with E-state index in [4.69, 9.17) is 19.9 Å². The van der Waals surface area contributed by atoms with E-state index in [1.54, 1.807) is 36.7 Å². The topological polar surface area (TPSA) is 347 Å². The average Bonchev–Trinajstić information content (AvgIpc) is 1.56. The second-order valence-corrected chi connectivity index (χ2v) is 23.9. The van der Waals surface area contributed by atoms with E-state index in [9.17, 15) is 63.1 Å². The number of hydrogen-bond donors (Lipinski definition) is 0. The minimum absolute atomic E-state index is 0.0836. The Morgan fingerprint density at radius 3 is 0.817 bits per heavy atom. The smallest absolute Gasteiger partial charge is 0.164 e. The molecular formula is C86H36N18. The summed E-state index contributed by atoms with van der Waals surface area (Å²) in [6.07, 6.45) is 3.39. The van der Waals surface area contributed by atoms with E-state index in [1.807, 2.05) is 138 Å². The quantitative estimate of drug-likeness (QED) is 0.123. The molecule has 470 valence electrons. The first-order valence-corrected chi connectivity index (χ1v) is 31.7. The molecule has 15 aromatic rings. The molecular weight excluding hydrogens is 1290 g/mol. The lowest BCUT2D eigenvalue weighted by Gasteiger charge is -2.19. The molecule has 0 amide bonds. The number of benzene rings is 11. The number of rotatable bonds is 10. The Balaban J connectivity index is 1.06. The molecule has 0 saturated carbocycles. The SMILES string of the molecule is N#Cc1cc(C#N)c(-c2ccc3c(c2)c2cc(-c4c(C#N)cc(C#N)cc4C#N)ccc2n3-c2cnccc2-c2ccc(-c3nc(-c4ccccc4)nc(-c4ccccc4)n3)cc2-n2c3ccc(-c4c(C#N)cc(C#N)cc4C#N)cc3c3cc(-c4c(C#N)cc(C#N)cc4C#N)ccc32)c(C#N)c1. The summed E-state index contributed by atoms with van der Waals surface area (Å²) in [4.78, 5) is 20.2. The second-order valence-electron chi connectivity index (χ2n) is 23.9. The van der Waals surface area contributed by atoms with Gasteiger partial charge in [0.05, 0.1) is 179 Å². The standard InChI is InChI=1S/C86H36N18/c87-36-49-23-60(40-91)80(61(24-49)41-92)55-12-17-74-70(31-55)71-32-56(81-62(42-93)25-50(37-88)26-63(81)43-94)13-18-75(71)103(74)78-35-59(86-101-84(53-7-3-1-4-8-53)100-85(102-86)54-9-5-2-6-10-54)11-16-68(78)69-21-22-99-48-79(69)104-76-19-14-57(82-64(44-95)27-51(38-89)28-65(82)45-96)33-72(76)73-34-58(15-20-77(73)104)83-66(46-97)29-52(39-90)30-67(83)47-98/h1-35,48H. The zero-order valence-electron chi connectivity index (χ0n) is 53.8. The van der Waals surface area contributed by atoms with Gasteiger partial charge in [-0.15, -0.1) is 0 Å². The molecule has 104 heavy (non-hydrogen) atoms. The van der Waals surface area contributed by atoms with E-state index in [-0.39, 0.29) is 77.9 Å². The number of aromatic nitrogens is 6. The maximum atomic E-state index is 10.7. The Bertz CT molecular complexity index is 6390. The fraction of sp³-hybridized carbons (Fsp3) is 0. The highest BCUT2D eigenvalue weighted by Crippen LogP contribution is 2.47. The van der Waals surface area contributed by atoms with Gasteiger partial charge in [0, 0.05) is 77.8 Å². The molecule has 18 nitrogen and oxygen atoms in total. The summed E-state index contributed by atoms with van der Waals surface area (Å²) in [6, 6.07) is 86.1. The first-order valence-electron chi connectivity index (χ1n) is 31.7. The minimum Gasteiger partial charge on any atom is -0.309 e. The van der Waals surface area contributed by atoms with Crippen LogP contribution in [0.2, 0.25) is 0 Å². The van der Waals surface area contributed by atoms with Gasteiger partial charge in [-0.25, -0.2) is 15.0 Å². The van der Waals surface area contributed by atoms with Crippen LogP contribution >= 0.6 is 0 Å². The van der Waals surface area contributed by atoms with Crippen molar-refractivity contribution in [3.05, 3.63) is 285 Å². The van der Waals surface area contributed by atoms with E-state index in [0.717, 1.165) is 11.1 Å². The van der Waals surface area contributed by atoms with Gasteiger partial charge in [0.15, 0.2) is 17.5 Å². The van der Waals surface area contributed by atoms with Crippen LogP contribution in [0.25, 0.3) is 145 Å². The Morgan fingerprint density at radius 1 is 0.240 bits per heavy atom. The summed E-state index contributed by atoms with van der Waals surface area (Å²) in [6.45, 7) is 0. The van der Waals surface area contributed by atoms with Gasteiger partial charge in [-0.3, -0.25) is 4.98 Å². The largest absolute Gasteiger partial charge is 0.309 e. The predicted molar refractivity (Wildman–Crippen MR) is 386 cm³/mol. The van der Waals surface area contributed by atoms with Gasteiger partial charge in [0.1, 0.15) is 0 Å². The van der Waals surface area contributed by atoms with E-state index in [1.165, 1.54) is 48.5 Å². The van der Waals surface area contributed by atoms with Gasteiger partial charge in [-0.05, 0) is 131 Å². The van der Waals surface area contributed by atoms with Crippen molar-refractivity contribution in [2.45, 2.75) is 0 Å². The van der Waals surface area contributed by atoms with Crippen LogP contribution in [0.1, 0.15) is 66.8 Å². The molecule has 4 aromatic heterocycles. The van der Waals surface area contributed by atoms with Crippen LogP contribution in [-0.2, 0) is 0 Å². The third-order valence-electron chi connectivity index (χ3n) is 18.2. The van der Waals surface area contributed by atoms with E-state index in [0.29, 0.717) is 123 Å². The zero-order valence-corrected chi connectivity index (χ0v) is 53.8. The van der Waals surface area contributed by atoms with E-state index in [2.05, 4.69) is 77.4 Å². The van der Waals surface area contributed by atoms with Crippen LogP contribution in [0.4, 0.5) is 0 Å². The third-order valence-corrected chi connectivity index (χ3v) is 18.2. The number of nitriles is 12. The number of nitrogens with zero attached hydrogens (tertiary/aromatic N) is 18. The fourth-order valence-corrected chi connectivity index (χ4v) is 13.8. The summed E-state index contributed by atoms with van der Waals surface area (Å²) in [5.74, 6) is 1.11. The number of pyridine rings is 1. The lowest BCUT2D eigenvalue weighted by atomic mass is 9.91. The highest BCUT2D eigenvalue weighted by atomic mass is 15.0. The van der Waals surface area contributed by atoms with Gasteiger partial charge in [0.2, 0.25) is 0 Å². The highest BCUT2D eigenvalue weighted by molar-refractivity contribution is 6.15. The Morgan fingerprint density at radius 2 is 0.519 bits per heavy atom. The molecule has 4 heterocycles. The van der Waals surface area contributed by atoms with Crippen molar-refractivity contribution in [2.24, 2.45) is 0 Å². The monoisotopic (exact) mass is 1320 g/mol. The molecule has 0 spiro atoms. The molecule has 0 saturated heterocycles. The fourth-order valence-electron chi connectivity index (χ4n) is 13.8. The van der Waals surface area contributed by atoms with Gasteiger partial charge >= 0.3 is 0 Å². The van der Waals surface area contributed by atoms with Crippen LogP contribution in [0, 0.1) is 136 Å². The number of hydrogen-bond acceptors (Lipinski definition) is 16. The maximum Gasteiger partial charge on any atom is 0.164 e. The lowest BCUT2D eigenvalue weighted by Crippen LogP contribution is -2.04. The molecule has 0 atom stereocenters. The molecule has 0 unspecified atom stereocenters. The molecule has 0 aliphatic rings. The van der Waals surface area contributed by atoms with Gasteiger partial charge < -0.3 is 9.13 Å². The molecule has 11 aromatic carbocycles. The first-order chi connectivity index (χ1) is 51.0. The molecule has 0 aliphatic heterocycles. The predicted octanol–water partition coefficient (Wildman–Crippen LogP) is 17.3. The van der Waals surface area contributed by atoms with Crippen molar-refractivity contribution < 1.29 is 0 Å². The van der Waals surface area contributed by atoms with Gasteiger partial charge in [-0.2, -0.15) is 63.1 Å². The molecule has 0 radical (unpaired) electrons. The van der Waals surface area contributed by atoms with Crippen molar-refractivity contribution in [3.63, 3.8) is 0 Å². The van der Waals surface area contributed by atoms with Crippen molar-refractivity contribution in [3.8, 4) is 174 Å². The Labute approximate surface area is 592 Å². The molecule has 15 rings (SSSR count). The van der Waals surface area contributed by atoms with E-state index >= 15 is 0 Å². The van der Waals surface area contributed by atoms with Crippen molar-refractivity contribution in [2.75, 3.05) is 0 Å². The van der Waals surface area contributed by atoms with Crippen LogP contribution in [0.15, 0.2) is 219 Å². The second kappa shape index (κ2) is 25.9. The van der Waals surface area contributed by atoms with Gasteiger partial charge in [0.25, 0.3) is 0 Å². The summed E-state index contributed by atoms with van der Waals surface area (Å²) >= 11 is 0. The highest BCUT2D eigenvalue weighted by Gasteiger charge is 2.27. The maximum absolute atomic E-state index is 10.7. The molecule has 0 fully saturated rings. The lowest BCUT2D eigenvalue weighted by molar-refractivity contribution is 1.07. The third kappa shape index (κ3) is 10.5. The number of fused-ring (bicyclic) bond motifs is 6. The minimum atomic E-state index is 0.0836. The first kappa shape index (κ1) is 63.1. The van der Waals surface area contributed by atoms with Crippen LogP contribution in [0.3, 0.4) is 0 Å². The molecule has 0 N–H and O–H groups in total. The average molecular weight is 1320 g/mol. The molecule has 0 aliphatic carbocycles. The Kier molecular flexibility index (Phi) is 15.7. The molecule has 18 heteroatoms. The summed E-state index contributed by atoms with van der Waals surface area (Å²) in [5, 5.41) is 128. The normalized spacial score (nSPS) is 10.6. The summed E-state index contributed by atoms with van der Waals surface area (Å²) < 4.78 is 4.08. The zero-order chi connectivity index (χ0) is 71.9. The summed E-state index contributed by atoms with van der Waals surface area (Å²) in [7, 11) is 0. The summed E-state index contributed by atoms with van der Waals surface area (Å²) in [5.41, 5.74) is 10.9. The van der Waals surface area contributed by atoms with Crippen LogP contribution < -0.4 is 0 Å². The van der Waals surface area contributed by atoms with Gasteiger partial charge in [-0.1, -0.05) is 97.1 Å². The Hall–Kier alpha value is -16.9. The van der Waals surface area contributed by atoms with Crippen molar-refractivity contribution >= 4 is 43.6 Å². The van der Waals surface area contributed by atoms with Crippen LogP contribution in [0.5, 0.6) is 0 Å². The van der Waals surface area contributed by atoms with E-state index < -0.39 is 0 Å². The van der Waals surface area contributed by atoms with Crippen molar-refractivity contribution in [1.82, 2.24) is 29.1 Å². The van der Waals surface area contributed by atoms with Crippen molar-refractivity contribution in [1.29, 1.82) is 63.1 Å². The van der Waals surface area contributed by atoms with Crippen LogP contribution in [-0.4, -0.2) is 29.1 Å². The molecule has 0 bridgehead atoms.